The van der Waals surface area contributed by atoms with Crippen LogP contribution in [-0.2, 0) is 28.6 Å². The van der Waals surface area contributed by atoms with Gasteiger partial charge in [-0.05, 0) is 22.0 Å². The summed E-state index contributed by atoms with van der Waals surface area (Å²) < 4.78 is 14.6. The summed E-state index contributed by atoms with van der Waals surface area (Å²) >= 11 is 3.03. The predicted octanol–water partition coefficient (Wildman–Crippen LogP) is -0.323. The van der Waals surface area contributed by atoms with Crippen LogP contribution in [-0.4, -0.2) is 55.8 Å². The summed E-state index contributed by atoms with van der Waals surface area (Å²) in [6.45, 7) is 3.21. The minimum atomic E-state index is -1.94. The van der Waals surface area contributed by atoms with Gasteiger partial charge in [0.2, 0.25) is 5.91 Å². The number of esters is 2. The molecule has 0 saturated carbocycles. The van der Waals surface area contributed by atoms with Crippen molar-refractivity contribution in [3.05, 3.63) is 22.7 Å². The summed E-state index contributed by atoms with van der Waals surface area (Å²) in [5.74, 6) is -1.72. The smallest absolute Gasteiger partial charge is 0.351 e. The highest BCUT2D eigenvalue weighted by Crippen LogP contribution is 2.43. The van der Waals surface area contributed by atoms with Gasteiger partial charge in [-0.1, -0.05) is 0 Å². The van der Waals surface area contributed by atoms with Crippen LogP contribution in [0.15, 0.2) is 17.1 Å². The highest BCUT2D eigenvalue weighted by molar-refractivity contribution is 9.10. The molecule has 1 aromatic heterocycles. The molecule has 27 heavy (non-hydrogen) atoms. The number of hydrogen-bond acceptors (Lipinski definition) is 9. The maximum atomic E-state index is 12.3. The number of alkyl halides is 1. The topological polar surface area (TPSA) is 146 Å². The van der Waals surface area contributed by atoms with Crippen molar-refractivity contribution >= 4 is 39.6 Å². The molecule has 2 heterocycles. The normalized spacial score (nSPS) is 27.1. The van der Waals surface area contributed by atoms with Crippen molar-refractivity contribution in [2.75, 3.05) is 11.9 Å². The third kappa shape index (κ3) is 4.90. The average Bonchev–Trinajstić information content (AvgIpc) is 2.76. The van der Waals surface area contributed by atoms with E-state index in [1.54, 1.807) is 0 Å². The van der Waals surface area contributed by atoms with Crippen LogP contribution in [0.25, 0.3) is 0 Å². The van der Waals surface area contributed by atoms with Crippen molar-refractivity contribution in [2.45, 2.75) is 43.7 Å². The molecule has 1 amide bonds. The zero-order chi connectivity index (χ0) is 20.4. The van der Waals surface area contributed by atoms with Crippen LogP contribution in [0.4, 0.5) is 5.82 Å². The van der Waals surface area contributed by atoms with E-state index < -0.39 is 46.5 Å². The summed E-state index contributed by atoms with van der Waals surface area (Å²) in [4.78, 5) is 49.6. The number of carbonyl (C=O) groups is 3. The maximum absolute atomic E-state index is 12.3. The Labute approximate surface area is 161 Å². The molecule has 1 fully saturated rings. The lowest BCUT2D eigenvalue weighted by molar-refractivity contribution is -0.157. The molecule has 12 heteroatoms. The Kier molecular flexibility index (Phi) is 6.34. The number of anilines is 1. The van der Waals surface area contributed by atoms with Crippen molar-refractivity contribution in [2.24, 2.45) is 0 Å². The number of ether oxygens (including phenoxy) is 3. The van der Waals surface area contributed by atoms with Crippen molar-refractivity contribution < 1.29 is 33.7 Å². The van der Waals surface area contributed by atoms with Crippen molar-refractivity contribution in [1.82, 2.24) is 9.55 Å². The maximum Gasteiger partial charge on any atom is 0.351 e. The number of rotatable bonds is 5. The van der Waals surface area contributed by atoms with Crippen molar-refractivity contribution in [3.63, 3.8) is 0 Å². The zero-order valence-electron chi connectivity index (χ0n) is 14.7. The Morgan fingerprint density at radius 2 is 2.04 bits per heavy atom. The Morgan fingerprint density at radius 1 is 1.37 bits per heavy atom. The van der Waals surface area contributed by atoms with E-state index in [-0.39, 0.29) is 12.4 Å². The molecule has 11 nitrogen and oxygen atoms in total. The van der Waals surface area contributed by atoms with E-state index in [2.05, 4.69) is 26.2 Å². The van der Waals surface area contributed by atoms with Crippen molar-refractivity contribution in [1.29, 1.82) is 0 Å². The standard InChI is InChI=1S/C15H18BrN3O8/c1-7(20)17-11-4-5-19(14(23)18-11)13-12(26-9(3)22)15(16,24)10(27-13)6-25-8(2)21/h4-5,10,12-13,24H,6H2,1-3H3,(H,17,18,20,23)/t10-,12+,13-,15+/m1/s1. The summed E-state index contributed by atoms with van der Waals surface area (Å²) in [7, 11) is 0. The molecule has 2 rings (SSSR count). The number of carbonyl (C=O) groups excluding carboxylic acids is 3. The SMILES string of the molecule is CC(=O)Nc1ccn([C@@H]2O[C@H](COC(C)=O)[C@@](O)(Br)[C@H]2OC(C)=O)c(=O)n1. The summed E-state index contributed by atoms with van der Waals surface area (Å²) in [6, 6.07) is 1.34. The molecule has 1 aliphatic rings. The van der Waals surface area contributed by atoms with Gasteiger partial charge in [-0.25, -0.2) is 4.79 Å². The second kappa shape index (κ2) is 8.15. The zero-order valence-corrected chi connectivity index (χ0v) is 16.3. The van der Waals surface area contributed by atoms with E-state index in [0.717, 1.165) is 11.5 Å². The molecule has 0 bridgehead atoms. The molecular weight excluding hydrogens is 430 g/mol. The first-order chi connectivity index (χ1) is 12.5. The van der Waals surface area contributed by atoms with Crippen LogP contribution >= 0.6 is 15.9 Å². The molecule has 1 saturated heterocycles. The van der Waals surface area contributed by atoms with E-state index >= 15 is 0 Å². The summed E-state index contributed by atoms with van der Waals surface area (Å²) in [5.41, 5.74) is -0.820. The number of amides is 1. The van der Waals surface area contributed by atoms with Gasteiger partial charge in [0.15, 0.2) is 16.8 Å². The predicted molar refractivity (Wildman–Crippen MR) is 92.8 cm³/mol. The number of aromatic nitrogens is 2. The van der Waals surface area contributed by atoms with Crippen LogP contribution in [0.1, 0.15) is 27.0 Å². The van der Waals surface area contributed by atoms with Crippen molar-refractivity contribution in [3.8, 4) is 0 Å². The van der Waals surface area contributed by atoms with Gasteiger partial charge in [0.25, 0.3) is 0 Å². The fraction of sp³-hybridized carbons (Fsp3) is 0.533. The summed E-state index contributed by atoms with van der Waals surface area (Å²) in [5, 5.41) is 13.1. The molecule has 1 aromatic rings. The summed E-state index contributed by atoms with van der Waals surface area (Å²) in [6.07, 6.45) is -2.48. The highest BCUT2D eigenvalue weighted by atomic mass is 79.9. The molecule has 1 aliphatic heterocycles. The second-order valence-electron chi connectivity index (χ2n) is 5.76. The lowest BCUT2D eigenvalue weighted by atomic mass is 10.1. The first kappa shape index (κ1) is 21.0. The molecule has 0 radical (unpaired) electrons. The van der Waals surface area contributed by atoms with Crippen LogP contribution in [0.3, 0.4) is 0 Å². The fourth-order valence-electron chi connectivity index (χ4n) is 2.45. The van der Waals surface area contributed by atoms with Gasteiger partial charge in [0.05, 0.1) is 0 Å². The molecular formula is C15H18BrN3O8. The molecule has 0 unspecified atom stereocenters. The molecule has 4 atom stereocenters. The molecule has 2 N–H and O–H groups in total. The first-order valence-electron chi connectivity index (χ1n) is 7.76. The van der Waals surface area contributed by atoms with Gasteiger partial charge in [0.1, 0.15) is 18.5 Å². The van der Waals surface area contributed by atoms with E-state index in [1.165, 1.54) is 26.1 Å². The largest absolute Gasteiger partial charge is 0.463 e. The van der Waals surface area contributed by atoms with Gasteiger partial charge in [-0.2, -0.15) is 4.98 Å². The Bertz CT molecular complexity index is 808. The number of hydrogen-bond donors (Lipinski definition) is 2. The third-order valence-corrected chi connectivity index (χ3v) is 4.51. The lowest BCUT2D eigenvalue weighted by Gasteiger charge is -2.27. The van der Waals surface area contributed by atoms with E-state index in [9.17, 15) is 24.3 Å². The molecule has 0 aliphatic carbocycles. The Morgan fingerprint density at radius 3 is 2.56 bits per heavy atom. The third-order valence-electron chi connectivity index (χ3n) is 3.55. The minimum Gasteiger partial charge on any atom is -0.463 e. The number of aliphatic hydroxyl groups is 1. The van der Waals surface area contributed by atoms with E-state index in [4.69, 9.17) is 14.2 Å². The quantitative estimate of drug-likeness (QED) is 0.457. The van der Waals surface area contributed by atoms with Crippen LogP contribution in [0.5, 0.6) is 0 Å². The molecule has 0 spiro atoms. The average molecular weight is 448 g/mol. The molecule has 0 aromatic carbocycles. The fourth-order valence-corrected chi connectivity index (χ4v) is 3.01. The van der Waals surface area contributed by atoms with Crippen LogP contribution in [0.2, 0.25) is 0 Å². The van der Waals surface area contributed by atoms with Gasteiger partial charge >= 0.3 is 17.6 Å². The van der Waals surface area contributed by atoms with E-state index in [0.29, 0.717) is 0 Å². The molecule has 148 valence electrons. The second-order valence-corrected chi connectivity index (χ2v) is 7.03. The van der Waals surface area contributed by atoms with Gasteiger partial charge in [-0.15, -0.1) is 0 Å². The minimum absolute atomic E-state index is 0.0244. The van der Waals surface area contributed by atoms with Gasteiger partial charge in [0, 0.05) is 27.0 Å². The van der Waals surface area contributed by atoms with E-state index in [1.807, 2.05) is 0 Å². The van der Waals surface area contributed by atoms with Crippen LogP contribution in [0, 0.1) is 0 Å². The monoisotopic (exact) mass is 447 g/mol. The van der Waals surface area contributed by atoms with Gasteiger partial charge < -0.3 is 24.6 Å². The van der Waals surface area contributed by atoms with Crippen LogP contribution < -0.4 is 11.0 Å². The highest BCUT2D eigenvalue weighted by Gasteiger charge is 2.58. The number of halogens is 1. The number of nitrogens with zero attached hydrogens (tertiary/aromatic N) is 2. The number of nitrogens with one attached hydrogen (secondary N) is 1. The Hall–Kier alpha value is -2.31. The Balaban J connectivity index is 2.37. The van der Waals surface area contributed by atoms with Gasteiger partial charge in [-0.3, -0.25) is 19.0 Å². The lowest BCUT2D eigenvalue weighted by Crippen LogP contribution is -2.46. The first-order valence-corrected chi connectivity index (χ1v) is 8.55.